The summed E-state index contributed by atoms with van der Waals surface area (Å²) in [7, 11) is -0.759. The molecule has 1 aliphatic rings. The molecule has 1 heterocycles. The molecule has 1 fully saturated rings. The summed E-state index contributed by atoms with van der Waals surface area (Å²) >= 11 is 0. The first-order chi connectivity index (χ1) is 12.8. The Morgan fingerprint density at radius 3 is 1.89 bits per heavy atom. The van der Waals surface area contributed by atoms with Crippen molar-refractivity contribution in [3.8, 4) is 0 Å². The number of aliphatic carboxylic acids is 1. The van der Waals surface area contributed by atoms with Gasteiger partial charge >= 0.3 is 5.97 Å². The Morgan fingerprint density at radius 2 is 1.52 bits per heavy atom. The van der Waals surface area contributed by atoms with Gasteiger partial charge in [-0.25, -0.2) is 0 Å². The van der Waals surface area contributed by atoms with Crippen LogP contribution in [-0.4, -0.2) is 50.0 Å². The Kier molecular flexibility index (Phi) is 5.56. The van der Waals surface area contributed by atoms with Gasteiger partial charge < -0.3 is 9.53 Å². The third-order valence-electron chi connectivity index (χ3n) is 5.56. The third kappa shape index (κ3) is 3.72. The van der Waals surface area contributed by atoms with Gasteiger partial charge in [0.25, 0.3) is 8.32 Å². The molecule has 1 unspecified atom stereocenters. The highest BCUT2D eigenvalue weighted by Gasteiger charge is 2.52. The molecule has 0 saturated carbocycles. The van der Waals surface area contributed by atoms with E-state index in [4.69, 9.17) is 4.43 Å². The zero-order chi connectivity index (χ0) is 19.7. The van der Waals surface area contributed by atoms with E-state index in [2.05, 4.69) is 69.3 Å². The van der Waals surface area contributed by atoms with Crippen LogP contribution >= 0.6 is 0 Å². The average molecular weight is 384 g/mol. The maximum absolute atomic E-state index is 11.6. The van der Waals surface area contributed by atoms with Gasteiger partial charge in [-0.05, 0) is 28.9 Å². The van der Waals surface area contributed by atoms with Crippen LogP contribution in [0.3, 0.4) is 0 Å². The van der Waals surface area contributed by atoms with Gasteiger partial charge in [-0.2, -0.15) is 0 Å². The van der Waals surface area contributed by atoms with Crippen molar-refractivity contribution in [3.63, 3.8) is 0 Å². The van der Waals surface area contributed by atoms with Gasteiger partial charge in [0.1, 0.15) is 6.04 Å². The summed E-state index contributed by atoms with van der Waals surface area (Å²) in [6.45, 7) is 7.37. The van der Waals surface area contributed by atoms with Crippen LogP contribution in [0.15, 0.2) is 60.7 Å². The summed E-state index contributed by atoms with van der Waals surface area (Å²) in [6.07, 6.45) is 0.429. The highest BCUT2D eigenvalue weighted by Crippen LogP contribution is 2.38. The lowest BCUT2D eigenvalue weighted by atomic mass is 10.2. The van der Waals surface area contributed by atoms with Crippen molar-refractivity contribution < 1.29 is 14.3 Å². The maximum atomic E-state index is 11.6. The first-order valence-electron chi connectivity index (χ1n) is 9.47. The summed E-state index contributed by atoms with van der Waals surface area (Å²) in [4.78, 5) is 13.5. The zero-order valence-corrected chi connectivity index (χ0v) is 17.6. The Morgan fingerprint density at radius 1 is 1.04 bits per heavy atom. The number of nitrogens with zero attached hydrogens (tertiary/aromatic N) is 1. The number of carboxylic acid groups (broad SMARTS) is 1. The van der Waals surface area contributed by atoms with Crippen LogP contribution in [0.2, 0.25) is 5.04 Å². The lowest BCUT2D eigenvalue weighted by Crippen LogP contribution is -2.67. The van der Waals surface area contributed by atoms with E-state index in [1.165, 1.54) is 10.4 Å². The van der Waals surface area contributed by atoms with E-state index >= 15 is 0 Å². The second kappa shape index (κ2) is 7.58. The molecule has 2 aromatic carbocycles. The molecule has 144 valence electrons. The summed E-state index contributed by atoms with van der Waals surface area (Å²) in [5.74, 6) is -0.772. The van der Waals surface area contributed by atoms with E-state index in [0.717, 1.165) is 0 Å². The largest absolute Gasteiger partial charge is 0.480 e. The molecule has 0 aromatic heterocycles. The number of hydrogen-bond donors (Lipinski definition) is 1. The number of likely N-dealkylation sites (N-methyl/N-ethyl adjacent to an activating group) is 1. The molecule has 1 aliphatic heterocycles. The van der Waals surface area contributed by atoms with Crippen molar-refractivity contribution in [2.75, 3.05) is 13.6 Å². The van der Waals surface area contributed by atoms with Crippen LogP contribution in [-0.2, 0) is 9.22 Å². The molecule has 3 rings (SSSR count). The van der Waals surface area contributed by atoms with Crippen molar-refractivity contribution in [2.24, 2.45) is 0 Å². The molecule has 5 heteroatoms. The molecule has 27 heavy (non-hydrogen) atoms. The standard InChI is InChI=1S/C22H29NO3Si/c1-22(2,3)27(18-11-7-5-8-12-18,19-13-9-6-10-14-19)26-17-15-20(21(24)25)23(4)16-17/h5-14,17,20H,15-16H2,1-4H3,(H,24,25)/t17?,20-/m0/s1. The third-order valence-corrected chi connectivity index (χ3v) is 10.6. The van der Waals surface area contributed by atoms with Gasteiger partial charge in [0, 0.05) is 6.54 Å². The van der Waals surface area contributed by atoms with Crippen molar-refractivity contribution in [1.29, 1.82) is 0 Å². The topological polar surface area (TPSA) is 49.8 Å². The summed E-state index contributed by atoms with van der Waals surface area (Å²) < 4.78 is 7.02. The van der Waals surface area contributed by atoms with E-state index in [9.17, 15) is 9.90 Å². The smallest absolute Gasteiger partial charge is 0.321 e. The number of hydrogen-bond acceptors (Lipinski definition) is 3. The van der Waals surface area contributed by atoms with Crippen LogP contribution in [0.25, 0.3) is 0 Å². The van der Waals surface area contributed by atoms with Crippen LogP contribution in [0, 0.1) is 0 Å². The summed E-state index contributed by atoms with van der Waals surface area (Å²) in [6, 6.07) is 20.5. The van der Waals surface area contributed by atoms with Crippen molar-refractivity contribution in [3.05, 3.63) is 60.7 Å². The Hall–Kier alpha value is -1.95. The second-order valence-corrected chi connectivity index (χ2v) is 12.7. The minimum Gasteiger partial charge on any atom is -0.480 e. The van der Waals surface area contributed by atoms with Crippen LogP contribution in [0.5, 0.6) is 0 Å². The van der Waals surface area contributed by atoms with Gasteiger partial charge in [-0.15, -0.1) is 0 Å². The fraction of sp³-hybridized carbons (Fsp3) is 0.409. The number of carboxylic acids is 1. The summed E-state index contributed by atoms with van der Waals surface area (Å²) in [5.41, 5.74) is 0. The van der Waals surface area contributed by atoms with E-state index in [1.807, 2.05) is 24.1 Å². The monoisotopic (exact) mass is 383 g/mol. The Bertz CT molecular complexity index is 734. The fourth-order valence-corrected chi connectivity index (χ4v) is 8.95. The lowest BCUT2D eigenvalue weighted by Gasteiger charge is -2.44. The van der Waals surface area contributed by atoms with E-state index in [1.54, 1.807) is 0 Å². The molecule has 4 nitrogen and oxygen atoms in total. The molecule has 1 N–H and O–H groups in total. The van der Waals surface area contributed by atoms with Crippen LogP contribution in [0.1, 0.15) is 27.2 Å². The number of likely N-dealkylation sites (tertiary alicyclic amines) is 1. The van der Waals surface area contributed by atoms with Crippen molar-refractivity contribution in [1.82, 2.24) is 4.90 Å². The van der Waals surface area contributed by atoms with E-state index in [-0.39, 0.29) is 11.1 Å². The van der Waals surface area contributed by atoms with E-state index in [0.29, 0.717) is 13.0 Å². The predicted octanol–water partition coefficient (Wildman–Crippen LogP) is 2.72. The molecule has 1 saturated heterocycles. The minimum absolute atomic E-state index is 0.0950. The predicted molar refractivity (Wildman–Crippen MR) is 111 cm³/mol. The van der Waals surface area contributed by atoms with Crippen molar-refractivity contribution in [2.45, 2.75) is 44.4 Å². The quantitative estimate of drug-likeness (QED) is 0.807. The molecule has 0 aliphatic carbocycles. The number of benzene rings is 2. The zero-order valence-electron chi connectivity index (χ0n) is 16.6. The normalized spacial score (nSPS) is 21.3. The molecule has 0 amide bonds. The van der Waals surface area contributed by atoms with Gasteiger partial charge in [-0.3, -0.25) is 9.69 Å². The Balaban J connectivity index is 2.09. The highest BCUT2D eigenvalue weighted by molar-refractivity contribution is 6.99. The van der Waals surface area contributed by atoms with Crippen molar-refractivity contribution >= 4 is 24.7 Å². The molecule has 2 atom stereocenters. The van der Waals surface area contributed by atoms with Gasteiger partial charge in [0.2, 0.25) is 0 Å². The van der Waals surface area contributed by atoms with E-state index < -0.39 is 20.3 Å². The molecule has 0 spiro atoms. The molecule has 0 radical (unpaired) electrons. The van der Waals surface area contributed by atoms with Gasteiger partial charge in [0.05, 0.1) is 6.10 Å². The molecular formula is C22H29NO3Si. The SMILES string of the molecule is CN1CC(O[Si](c2ccccc2)(c2ccccc2)C(C)(C)C)C[C@H]1C(=O)O. The number of carbonyl (C=O) groups is 1. The fourth-order valence-electron chi connectivity index (χ4n) is 4.27. The van der Waals surface area contributed by atoms with Gasteiger partial charge in [-0.1, -0.05) is 81.4 Å². The lowest BCUT2D eigenvalue weighted by molar-refractivity contribution is -0.141. The first-order valence-corrected chi connectivity index (χ1v) is 11.4. The average Bonchev–Trinajstić information content (AvgIpc) is 3.00. The molecule has 2 aromatic rings. The molecular weight excluding hydrogens is 354 g/mol. The first kappa shape index (κ1) is 19.8. The summed E-state index contributed by atoms with van der Waals surface area (Å²) in [5, 5.41) is 11.9. The molecule has 0 bridgehead atoms. The maximum Gasteiger partial charge on any atom is 0.321 e. The second-order valence-electron chi connectivity index (χ2n) is 8.43. The number of rotatable bonds is 5. The minimum atomic E-state index is -2.63. The van der Waals surface area contributed by atoms with Crippen LogP contribution in [0.4, 0.5) is 0 Å². The highest BCUT2D eigenvalue weighted by atomic mass is 28.4. The van der Waals surface area contributed by atoms with Crippen LogP contribution < -0.4 is 10.4 Å². The van der Waals surface area contributed by atoms with Gasteiger partial charge in [0.15, 0.2) is 0 Å². The Labute approximate surface area is 162 Å².